The molecule has 0 aromatic carbocycles. The van der Waals surface area contributed by atoms with Crippen LogP contribution in [-0.4, -0.2) is 47.0 Å². The summed E-state index contributed by atoms with van der Waals surface area (Å²) in [6.45, 7) is 0.401. The van der Waals surface area contributed by atoms with E-state index in [-0.39, 0.29) is 6.04 Å². The number of rotatable bonds is 9. The zero-order valence-electron chi connectivity index (χ0n) is 12.7. The van der Waals surface area contributed by atoms with Crippen molar-refractivity contribution in [1.82, 2.24) is 0 Å². The second-order valence-electron chi connectivity index (χ2n) is 4.31. The molecular formula is C10H22O5Si. The van der Waals surface area contributed by atoms with Crippen LogP contribution in [0.25, 0.3) is 0 Å². The van der Waals surface area contributed by atoms with Crippen LogP contribution in [0.4, 0.5) is 0 Å². The van der Waals surface area contributed by atoms with E-state index in [4.69, 9.17) is 13.8 Å². The van der Waals surface area contributed by atoms with Crippen LogP contribution in [0.3, 0.4) is 0 Å². The predicted octanol–water partition coefficient (Wildman–Crippen LogP) is 0.616. The molecular weight excluding hydrogens is 228 g/mol. The number of hydrogen-bond acceptors (Lipinski definition) is 5. The second-order valence-corrected chi connectivity index (χ2v) is 6.18. The first-order valence-electron chi connectivity index (χ1n) is 7.00. The van der Waals surface area contributed by atoms with E-state index in [0.29, 0.717) is 13.0 Å². The van der Waals surface area contributed by atoms with E-state index in [1.807, 2.05) is 0 Å². The van der Waals surface area contributed by atoms with Gasteiger partial charge in [-0.2, -0.15) is 0 Å². The molecule has 1 rings (SSSR count). The van der Waals surface area contributed by atoms with Crippen LogP contribution < -0.4 is 0 Å². The highest BCUT2D eigenvalue weighted by atomic mass is 28.4. The van der Waals surface area contributed by atoms with Gasteiger partial charge in [-0.05, 0) is 19.3 Å². The Morgan fingerprint density at radius 1 is 1.25 bits per heavy atom. The van der Waals surface area contributed by atoms with Crippen LogP contribution in [0.1, 0.15) is 38.5 Å². The topological polar surface area (TPSA) is 79.2 Å². The summed E-state index contributed by atoms with van der Waals surface area (Å²) in [4.78, 5) is 12.8. The lowest BCUT2D eigenvalue weighted by atomic mass is 9.94. The van der Waals surface area contributed by atoms with E-state index in [9.17, 15) is 0 Å². The van der Waals surface area contributed by atoms with Gasteiger partial charge in [0.25, 0.3) is 0 Å². The molecule has 6 heteroatoms. The lowest BCUT2D eigenvalue weighted by molar-refractivity contribution is -0.238. The molecule has 96 valence electrons. The molecule has 5 nitrogen and oxygen atoms in total. The van der Waals surface area contributed by atoms with Gasteiger partial charge in [0, 0.05) is 26.0 Å². The molecule has 0 atom stereocenters. The summed E-state index contributed by atoms with van der Waals surface area (Å²) >= 11 is 0. The van der Waals surface area contributed by atoms with Gasteiger partial charge >= 0.3 is 8.80 Å². The number of ether oxygens (including phenoxy) is 2. The van der Waals surface area contributed by atoms with Crippen molar-refractivity contribution < 1.29 is 23.9 Å². The number of hydrogen-bond donors (Lipinski definition) is 3. The minimum atomic E-state index is -3.46. The summed E-state index contributed by atoms with van der Waals surface area (Å²) < 4.78 is 31.7. The predicted molar refractivity (Wildman–Crippen MR) is 60.6 cm³/mol. The van der Waals surface area contributed by atoms with Crippen molar-refractivity contribution in [2.45, 2.75) is 50.4 Å². The largest absolute Gasteiger partial charge is 0.492 e. The van der Waals surface area contributed by atoms with Gasteiger partial charge in [-0.1, -0.05) is 6.42 Å². The fourth-order valence-electron chi connectivity index (χ4n) is 2.04. The first-order chi connectivity index (χ1) is 9.16. The normalized spacial score (nSPS) is 23.4. The molecule has 1 fully saturated rings. The van der Waals surface area contributed by atoms with E-state index in [1.54, 1.807) is 7.11 Å². The van der Waals surface area contributed by atoms with Crippen LogP contribution in [0.5, 0.6) is 0 Å². The summed E-state index contributed by atoms with van der Waals surface area (Å²) in [7, 11) is -1.81. The SMILES string of the molecule is [3H]O[Si](CCCOC1(OC)CCCCC1)(O[3H])O[3H]. The fraction of sp³-hybridized carbons (Fsp3) is 1.00. The fourth-order valence-corrected chi connectivity index (χ4v) is 2.62. The summed E-state index contributed by atoms with van der Waals surface area (Å²) in [6.07, 6.45) is 5.64. The Morgan fingerprint density at radius 2 is 1.94 bits per heavy atom. The van der Waals surface area contributed by atoms with Crippen LogP contribution in [0, 0.1) is 0 Å². The smallest absolute Gasteiger partial charge is 0.390 e. The van der Waals surface area contributed by atoms with Gasteiger partial charge in [-0.3, -0.25) is 0 Å². The van der Waals surface area contributed by atoms with Crippen molar-refractivity contribution in [3.63, 3.8) is 0 Å². The lowest BCUT2D eigenvalue weighted by Crippen LogP contribution is -2.38. The molecule has 0 unspecified atom stereocenters. The van der Waals surface area contributed by atoms with Crippen molar-refractivity contribution in [3.8, 4) is 0 Å². The van der Waals surface area contributed by atoms with Gasteiger partial charge < -0.3 is 23.9 Å². The summed E-state index contributed by atoms with van der Waals surface area (Å²) in [5, 5.41) is 0. The van der Waals surface area contributed by atoms with Gasteiger partial charge in [0.2, 0.25) is 0 Å². The van der Waals surface area contributed by atoms with Gasteiger partial charge in [0.05, 0.1) is 6.61 Å². The van der Waals surface area contributed by atoms with Crippen LogP contribution in [0.15, 0.2) is 0 Å². The van der Waals surface area contributed by atoms with Crippen LogP contribution in [-0.2, 0) is 9.47 Å². The first-order valence-corrected chi connectivity index (χ1v) is 7.71. The highest BCUT2D eigenvalue weighted by Crippen LogP contribution is 2.32. The Morgan fingerprint density at radius 3 is 2.50 bits per heavy atom. The molecule has 3 N–H and O–H groups in total. The molecule has 16 heavy (non-hydrogen) atoms. The highest BCUT2D eigenvalue weighted by Gasteiger charge is 2.33. The Balaban J connectivity index is 2.32. The molecule has 0 bridgehead atoms. The van der Waals surface area contributed by atoms with Crippen molar-refractivity contribution in [1.29, 1.82) is 4.29 Å². The zero-order chi connectivity index (χ0) is 14.2. The minimum absolute atomic E-state index is 0.198. The third-order valence-electron chi connectivity index (χ3n) is 2.98. The van der Waals surface area contributed by atoms with Gasteiger partial charge in [0.15, 0.2) is 10.1 Å². The molecule has 1 aliphatic carbocycles. The molecule has 0 spiro atoms. The maximum absolute atomic E-state index is 6.82. The lowest BCUT2D eigenvalue weighted by Gasteiger charge is -2.35. The van der Waals surface area contributed by atoms with Gasteiger partial charge in [-0.25, -0.2) is 0 Å². The second kappa shape index (κ2) is 6.09. The summed E-state index contributed by atoms with van der Waals surface area (Å²) in [6, 6.07) is 0.198. The molecule has 0 aromatic rings. The van der Waals surface area contributed by atoms with Crippen molar-refractivity contribution in [2.24, 2.45) is 0 Å². The Bertz CT molecular complexity index is 241. The maximum atomic E-state index is 6.82. The third kappa shape index (κ3) is 4.90. The van der Waals surface area contributed by atoms with Crippen LogP contribution in [0.2, 0.25) is 6.04 Å². The molecule has 1 saturated carbocycles. The molecule has 0 aromatic heterocycles. The molecule has 0 aliphatic heterocycles. The van der Waals surface area contributed by atoms with E-state index in [0.717, 1.165) is 25.7 Å². The van der Waals surface area contributed by atoms with E-state index < -0.39 is 14.6 Å². The van der Waals surface area contributed by atoms with Crippen LogP contribution >= 0.6 is 0 Å². The van der Waals surface area contributed by atoms with Gasteiger partial charge in [0.1, 0.15) is 0 Å². The standard InChI is InChI=1S/C10H22O5Si/c1-14-10(6-3-2-4-7-10)15-8-5-9-16(11,12)13/h11-13H,2-9H2,1H3/i11T,12T,13T. The Kier molecular flexibility index (Phi) is 3.80. The Labute approximate surface area is 102 Å². The highest BCUT2D eigenvalue weighted by molar-refractivity contribution is 6.56. The average molecular weight is 256 g/mol. The summed E-state index contributed by atoms with van der Waals surface area (Å²) in [5.74, 6) is -0.506. The molecule has 0 heterocycles. The van der Waals surface area contributed by atoms with Gasteiger partial charge in [-0.15, -0.1) is 0 Å². The van der Waals surface area contributed by atoms with E-state index >= 15 is 0 Å². The molecule has 0 radical (unpaired) electrons. The maximum Gasteiger partial charge on any atom is 0.492 e. The summed E-state index contributed by atoms with van der Waals surface area (Å²) in [5.41, 5.74) is 0. The van der Waals surface area contributed by atoms with Crippen molar-refractivity contribution in [3.05, 3.63) is 0 Å². The first kappa shape index (κ1) is 9.99. The molecule has 1 aliphatic rings. The van der Waals surface area contributed by atoms with Crippen molar-refractivity contribution in [2.75, 3.05) is 13.7 Å². The Hall–Kier alpha value is 0.0169. The number of methoxy groups -OCH3 is 1. The third-order valence-corrected chi connectivity index (χ3v) is 3.95. The van der Waals surface area contributed by atoms with Crippen molar-refractivity contribution >= 4 is 8.80 Å². The molecule has 0 amide bonds. The zero-order valence-corrected chi connectivity index (χ0v) is 10.7. The van der Waals surface area contributed by atoms with E-state index in [1.165, 1.54) is 6.42 Å². The minimum Gasteiger partial charge on any atom is -0.390 e. The van der Waals surface area contributed by atoms with E-state index in [2.05, 4.69) is 14.4 Å². The quantitative estimate of drug-likeness (QED) is 0.320. The monoisotopic (exact) mass is 256 g/mol. The molecule has 0 saturated heterocycles. The average Bonchev–Trinajstić information content (AvgIpc) is 2.49.